The summed E-state index contributed by atoms with van der Waals surface area (Å²) in [6.45, 7) is 3.17. The van der Waals surface area contributed by atoms with Gasteiger partial charge in [0.2, 0.25) is 0 Å². The van der Waals surface area contributed by atoms with Gasteiger partial charge in [0, 0.05) is 18.6 Å². The Bertz CT molecular complexity index is 1090. The summed E-state index contributed by atoms with van der Waals surface area (Å²) in [5, 5.41) is 9.44. The van der Waals surface area contributed by atoms with Crippen LogP contribution in [0.25, 0.3) is 5.52 Å². The van der Waals surface area contributed by atoms with E-state index in [0.717, 1.165) is 50.6 Å². The predicted octanol–water partition coefficient (Wildman–Crippen LogP) is 3.03. The van der Waals surface area contributed by atoms with Gasteiger partial charge >= 0.3 is 5.97 Å². The molecule has 154 valence electrons. The number of carboxylic acids is 1. The average Bonchev–Trinajstić information content (AvgIpc) is 3.43. The first kappa shape index (κ1) is 18.6. The van der Waals surface area contributed by atoms with Gasteiger partial charge in [-0.05, 0) is 61.6 Å². The van der Waals surface area contributed by atoms with Crippen molar-refractivity contribution in [3.8, 4) is 0 Å². The van der Waals surface area contributed by atoms with Crippen LogP contribution in [0, 0.1) is 18.7 Å². The van der Waals surface area contributed by atoms with E-state index in [1.165, 1.54) is 16.7 Å². The third kappa shape index (κ3) is 2.78. The van der Waals surface area contributed by atoms with Crippen molar-refractivity contribution in [2.45, 2.75) is 56.9 Å². The molecule has 6 nitrogen and oxygen atoms in total. The second kappa shape index (κ2) is 6.29. The van der Waals surface area contributed by atoms with Crippen LogP contribution in [-0.4, -0.2) is 34.1 Å². The van der Waals surface area contributed by atoms with E-state index in [4.69, 9.17) is 5.73 Å². The predicted molar refractivity (Wildman–Crippen MR) is 108 cm³/mol. The zero-order valence-corrected chi connectivity index (χ0v) is 16.6. The fourth-order valence-corrected chi connectivity index (χ4v) is 5.56. The van der Waals surface area contributed by atoms with Gasteiger partial charge in [-0.15, -0.1) is 0 Å². The second-order valence-corrected chi connectivity index (χ2v) is 9.12. The lowest BCUT2D eigenvalue weighted by molar-refractivity contribution is 0.0694. The first-order chi connectivity index (χ1) is 13.8. The van der Waals surface area contributed by atoms with E-state index in [-0.39, 0.29) is 17.0 Å². The summed E-state index contributed by atoms with van der Waals surface area (Å²) in [4.78, 5) is 26.3. The molecular formula is C22H26FN3O3. The zero-order valence-electron chi connectivity index (χ0n) is 16.6. The van der Waals surface area contributed by atoms with Crippen molar-refractivity contribution in [3.63, 3.8) is 0 Å². The Morgan fingerprint density at radius 3 is 2.72 bits per heavy atom. The van der Waals surface area contributed by atoms with E-state index < -0.39 is 17.3 Å². The third-order valence-corrected chi connectivity index (χ3v) is 7.19. The minimum atomic E-state index is -1.28. The van der Waals surface area contributed by atoms with Gasteiger partial charge in [0.15, 0.2) is 5.82 Å². The molecule has 5 rings (SSSR count). The summed E-state index contributed by atoms with van der Waals surface area (Å²) < 4.78 is 16.5. The maximum atomic E-state index is 15.3. The number of fused-ring (bicyclic) bond motifs is 2. The molecule has 2 saturated carbocycles. The highest BCUT2D eigenvalue weighted by atomic mass is 19.1. The van der Waals surface area contributed by atoms with Crippen LogP contribution >= 0.6 is 0 Å². The highest BCUT2D eigenvalue weighted by Crippen LogP contribution is 2.45. The van der Waals surface area contributed by atoms with Crippen LogP contribution in [0.3, 0.4) is 0 Å². The van der Waals surface area contributed by atoms with E-state index >= 15 is 4.39 Å². The van der Waals surface area contributed by atoms with Crippen molar-refractivity contribution in [1.29, 1.82) is 0 Å². The maximum absolute atomic E-state index is 15.3. The molecule has 7 heteroatoms. The Labute approximate surface area is 168 Å². The summed E-state index contributed by atoms with van der Waals surface area (Å²) in [6, 6.07) is 1.50. The SMILES string of the molecule is Cc1c(N2C[C@H]3CCCC[C@@]3(N)C2)c(F)cn2c(=O)c(C(=O)O)cc(C3CC3)c12. The lowest BCUT2D eigenvalue weighted by atomic mass is 9.76. The number of carbonyl (C=O) groups is 1. The summed E-state index contributed by atoms with van der Waals surface area (Å²) in [7, 11) is 0. The Morgan fingerprint density at radius 2 is 2.07 bits per heavy atom. The number of rotatable bonds is 3. The molecule has 3 fully saturated rings. The fourth-order valence-electron chi connectivity index (χ4n) is 5.56. The molecule has 2 aliphatic carbocycles. The molecular weight excluding hydrogens is 373 g/mol. The maximum Gasteiger partial charge on any atom is 0.341 e. The number of aromatic carboxylic acids is 1. The quantitative estimate of drug-likeness (QED) is 0.828. The minimum Gasteiger partial charge on any atom is -0.477 e. The van der Waals surface area contributed by atoms with Gasteiger partial charge in [0.05, 0.1) is 17.4 Å². The third-order valence-electron chi connectivity index (χ3n) is 7.19. The highest BCUT2D eigenvalue weighted by molar-refractivity contribution is 5.89. The smallest absolute Gasteiger partial charge is 0.341 e. The van der Waals surface area contributed by atoms with Gasteiger partial charge in [-0.3, -0.25) is 9.20 Å². The Hall–Kier alpha value is -2.41. The van der Waals surface area contributed by atoms with Crippen molar-refractivity contribution in [2.75, 3.05) is 18.0 Å². The van der Waals surface area contributed by atoms with Gasteiger partial charge in [-0.1, -0.05) is 12.8 Å². The van der Waals surface area contributed by atoms with Crippen molar-refractivity contribution in [3.05, 3.63) is 45.1 Å². The van der Waals surface area contributed by atoms with Crippen LogP contribution in [-0.2, 0) is 0 Å². The number of hydrogen-bond donors (Lipinski definition) is 2. The van der Waals surface area contributed by atoms with E-state index in [2.05, 4.69) is 0 Å². The molecule has 3 aliphatic rings. The number of anilines is 1. The van der Waals surface area contributed by atoms with E-state index in [1.807, 2.05) is 11.8 Å². The fraction of sp³-hybridized carbons (Fsp3) is 0.545. The van der Waals surface area contributed by atoms with Gasteiger partial charge < -0.3 is 15.7 Å². The number of nitrogens with zero attached hydrogens (tertiary/aromatic N) is 2. The molecule has 0 radical (unpaired) electrons. The molecule has 3 N–H and O–H groups in total. The van der Waals surface area contributed by atoms with Crippen LogP contribution in [0.1, 0.15) is 65.9 Å². The van der Waals surface area contributed by atoms with Crippen LogP contribution in [0.2, 0.25) is 0 Å². The number of aromatic nitrogens is 1. The van der Waals surface area contributed by atoms with Crippen LogP contribution in [0.4, 0.5) is 10.1 Å². The average molecular weight is 399 g/mol. The first-order valence-electron chi connectivity index (χ1n) is 10.5. The van der Waals surface area contributed by atoms with E-state index in [0.29, 0.717) is 29.2 Å². The Morgan fingerprint density at radius 1 is 1.31 bits per heavy atom. The number of hydrogen-bond acceptors (Lipinski definition) is 4. The number of pyridine rings is 2. The zero-order chi connectivity index (χ0) is 20.5. The molecule has 1 saturated heterocycles. The van der Waals surface area contributed by atoms with Crippen molar-refractivity contribution >= 4 is 17.2 Å². The summed E-state index contributed by atoms with van der Waals surface area (Å²) >= 11 is 0. The van der Waals surface area contributed by atoms with E-state index in [9.17, 15) is 14.7 Å². The summed E-state index contributed by atoms with van der Waals surface area (Å²) in [6.07, 6.45) is 7.37. The van der Waals surface area contributed by atoms with Crippen molar-refractivity contribution in [2.24, 2.45) is 11.7 Å². The molecule has 0 unspecified atom stereocenters. The van der Waals surface area contributed by atoms with Crippen molar-refractivity contribution < 1.29 is 14.3 Å². The largest absolute Gasteiger partial charge is 0.477 e. The molecule has 0 bridgehead atoms. The lowest BCUT2D eigenvalue weighted by Gasteiger charge is -2.34. The minimum absolute atomic E-state index is 0.225. The number of nitrogens with two attached hydrogens (primary N) is 1. The molecule has 0 amide bonds. The number of halogens is 1. The molecule has 2 aromatic heterocycles. The summed E-state index contributed by atoms with van der Waals surface area (Å²) in [5.74, 6) is -1.20. The lowest BCUT2D eigenvalue weighted by Crippen LogP contribution is -2.49. The van der Waals surface area contributed by atoms with Gasteiger partial charge in [0.25, 0.3) is 5.56 Å². The molecule has 3 heterocycles. The van der Waals surface area contributed by atoms with E-state index in [1.54, 1.807) is 0 Å². The Kier molecular flexibility index (Phi) is 4.04. The molecule has 29 heavy (non-hydrogen) atoms. The Balaban J connectivity index is 1.70. The second-order valence-electron chi connectivity index (χ2n) is 9.12. The number of carboxylic acid groups (broad SMARTS) is 1. The van der Waals surface area contributed by atoms with Gasteiger partial charge in [-0.25, -0.2) is 9.18 Å². The topological polar surface area (TPSA) is 88.0 Å². The molecule has 0 spiro atoms. The van der Waals surface area contributed by atoms with Crippen molar-refractivity contribution in [1.82, 2.24) is 4.40 Å². The summed E-state index contributed by atoms with van der Waals surface area (Å²) in [5.41, 5.74) is 8.11. The molecule has 2 atom stereocenters. The first-order valence-corrected chi connectivity index (χ1v) is 10.5. The highest BCUT2D eigenvalue weighted by Gasteiger charge is 2.45. The van der Waals surface area contributed by atoms with Gasteiger partial charge in [-0.2, -0.15) is 0 Å². The standard InChI is InChI=1S/C22H26FN3O3/c1-12-18-15(13-5-6-13)8-16(21(28)29)20(27)26(18)10-17(23)19(12)25-9-14-4-2-3-7-22(14,24)11-25/h8,10,13-14H,2-7,9,11,24H2,1H3,(H,28,29)/t14-,22-/m1/s1. The van der Waals surface area contributed by atoms with Gasteiger partial charge in [0.1, 0.15) is 5.56 Å². The molecule has 2 aromatic rings. The number of aryl methyl sites for hydroxylation is 1. The normalized spacial score (nSPS) is 26.7. The van der Waals surface area contributed by atoms with Crippen LogP contribution in [0.15, 0.2) is 17.1 Å². The van der Waals surface area contributed by atoms with Crippen LogP contribution < -0.4 is 16.2 Å². The molecule has 0 aromatic carbocycles. The monoisotopic (exact) mass is 399 g/mol. The van der Waals surface area contributed by atoms with Crippen LogP contribution in [0.5, 0.6) is 0 Å². The molecule has 1 aliphatic heterocycles.